The third-order valence-corrected chi connectivity index (χ3v) is 3.78. The normalized spacial score (nSPS) is 22.0. The largest absolute Gasteiger partial charge is 0.497 e. The number of benzene rings is 1. The van der Waals surface area contributed by atoms with Gasteiger partial charge in [0.05, 0.1) is 19.6 Å². The maximum absolute atomic E-state index is 13.5. The predicted octanol–water partition coefficient (Wildman–Crippen LogP) is 2.02. The highest BCUT2D eigenvalue weighted by atomic mass is 19.3. The van der Waals surface area contributed by atoms with E-state index in [9.17, 15) is 8.78 Å². The Bertz CT molecular complexity index is 456. The number of hydrogen-bond acceptors (Lipinski definition) is 4. The lowest BCUT2D eigenvalue weighted by Crippen LogP contribution is -2.49. The van der Waals surface area contributed by atoms with Gasteiger partial charge < -0.3 is 14.6 Å². The van der Waals surface area contributed by atoms with Crippen molar-refractivity contribution in [3.8, 4) is 11.5 Å². The minimum Gasteiger partial charge on any atom is -0.497 e. The number of likely N-dealkylation sites (tertiary alicyclic amines) is 1. The van der Waals surface area contributed by atoms with Crippen LogP contribution in [0.15, 0.2) is 24.3 Å². The lowest BCUT2D eigenvalue weighted by atomic mass is 9.94. The lowest BCUT2D eigenvalue weighted by molar-refractivity contribution is -0.120. The van der Waals surface area contributed by atoms with E-state index in [-0.39, 0.29) is 13.0 Å². The van der Waals surface area contributed by atoms with Gasteiger partial charge in [-0.2, -0.15) is 0 Å². The molecule has 118 valence electrons. The van der Waals surface area contributed by atoms with E-state index in [0.29, 0.717) is 31.2 Å². The van der Waals surface area contributed by atoms with Crippen LogP contribution >= 0.6 is 0 Å². The zero-order valence-electron chi connectivity index (χ0n) is 12.1. The molecule has 4 nitrogen and oxygen atoms in total. The first-order valence-corrected chi connectivity index (χ1v) is 7.03. The van der Waals surface area contributed by atoms with Crippen molar-refractivity contribution in [2.45, 2.75) is 12.3 Å². The van der Waals surface area contributed by atoms with Crippen molar-refractivity contribution in [2.75, 3.05) is 40.0 Å². The molecule has 0 spiro atoms. The summed E-state index contributed by atoms with van der Waals surface area (Å²) in [6.07, 6.45) is -0.211. The number of aliphatic hydroxyl groups excluding tert-OH is 1. The van der Waals surface area contributed by atoms with E-state index < -0.39 is 18.4 Å². The number of methoxy groups -OCH3 is 1. The van der Waals surface area contributed by atoms with Gasteiger partial charge in [0.1, 0.15) is 18.1 Å². The molecule has 1 aliphatic heterocycles. The van der Waals surface area contributed by atoms with Crippen LogP contribution < -0.4 is 9.47 Å². The van der Waals surface area contributed by atoms with Crippen LogP contribution in [0.2, 0.25) is 0 Å². The van der Waals surface area contributed by atoms with Crippen LogP contribution in [0.5, 0.6) is 11.5 Å². The molecule has 0 aliphatic carbocycles. The molecule has 2 rings (SSSR count). The maximum atomic E-state index is 13.5. The Morgan fingerprint density at radius 1 is 1.38 bits per heavy atom. The van der Waals surface area contributed by atoms with Gasteiger partial charge in [0.25, 0.3) is 5.92 Å². The van der Waals surface area contributed by atoms with Crippen LogP contribution in [0.3, 0.4) is 0 Å². The van der Waals surface area contributed by atoms with E-state index >= 15 is 0 Å². The molecule has 21 heavy (non-hydrogen) atoms. The van der Waals surface area contributed by atoms with Crippen LogP contribution in [-0.4, -0.2) is 55.9 Å². The van der Waals surface area contributed by atoms with Crippen LogP contribution in [-0.2, 0) is 0 Å². The highest BCUT2D eigenvalue weighted by Gasteiger charge is 2.43. The van der Waals surface area contributed by atoms with Crippen LogP contribution in [0.1, 0.15) is 6.42 Å². The van der Waals surface area contributed by atoms with E-state index in [1.165, 1.54) is 0 Å². The average molecular weight is 301 g/mol. The molecule has 1 saturated heterocycles. The Morgan fingerprint density at radius 3 is 2.86 bits per heavy atom. The Morgan fingerprint density at radius 2 is 2.14 bits per heavy atom. The smallest absolute Gasteiger partial charge is 0.255 e. The number of alkyl halides is 2. The van der Waals surface area contributed by atoms with Crippen molar-refractivity contribution in [1.82, 2.24) is 4.90 Å². The summed E-state index contributed by atoms with van der Waals surface area (Å²) in [5.41, 5.74) is 0. The SMILES string of the molecule is COc1cccc(OCCN2CCC(F)(F)C(CO)C2)c1. The second-order valence-corrected chi connectivity index (χ2v) is 5.22. The van der Waals surface area contributed by atoms with E-state index in [1.807, 2.05) is 23.1 Å². The molecular weight excluding hydrogens is 280 g/mol. The topological polar surface area (TPSA) is 41.9 Å². The number of nitrogens with zero attached hydrogens (tertiary/aromatic N) is 1. The fourth-order valence-electron chi connectivity index (χ4n) is 2.43. The molecule has 6 heteroatoms. The number of aliphatic hydroxyl groups is 1. The van der Waals surface area contributed by atoms with Gasteiger partial charge in [-0.1, -0.05) is 6.07 Å². The zero-order valence-corrected chi connectivity index (χ0v) is 12.1. The number of piperidine rings is 1. The summed E-state index contributed by atoms with van der Waals surface area (Å²) >= 11 is 0. The Balaban J connectivity index is 1.78. The van der Waals surface area contributed by atoms with Gasteiger partial charge in [-0.25, -0.2) is 8.78 Å². The third kappa shape index (κ3) is 4.28. The van der Waals surface area contributed by atoms with Crippen LogP contribution in [0, 0.1) is 5.92 Å². The summed E-state index contributed by atoms with van der Waals surface area (Å²) < 4.78 is 37.7. The molecule has 0 radical (unpaired) electrons. The molecule has 1 heterocycles. The molecule has 0 saturated carbocycles. The Labute approximate surface area is 123 Å². The van der Waals surface area contributed by atoms with Gasteiger partial charge in [-0.05, 0) is 12.1 Å². The fourth-order valence-corrected chi connectivity index (χ4v) is 2.43. The molecule has 1 N–H and O–H groups in total. The van der Waals surface area contributed by atoms with E-state index in [0.717, 1.165) is 0 Å². The third-order valence-electron chi connectivity index (χ3n) is 3.78. The van der Waals surface area contributed by atoms with Crippen molar-refractivity contribution in [2.24, 2.45) is 5.92 Å². The van der Waals surface area contributed by atoms with Gasteiger partial charge in [0.15, 0.2) is 0 Å². The second kappa shape index (κ2) is 7.04. The molecular formula is C15H21F2NO3. The van der Waals surface area contributed by atoms with Crippen molar-refractivity contribution in [3.05, 3.63) is 24.3 Å². The summed E-state index contributed by atoms with van der Waals surface area (Å²) in [4.78, 5) is 1.90. The summed E-state index contributed by atoms with van der Waals surface area (Å²) in [5.74, 6) is -2.34. The molecule has 1 aromatic rings. The molecule has 1 unspecified atom stereocenters. The minimum absolute atomic E-state index is 0.199. The summed E-state index contributed by atoms with van der Waals surface area (Å²) in [6, 6.07) is 7.26. The van der Waals surface area contributed by atoms with Crippen LogP contribution in [0.25, 0.3) is 0 Å². The zero-order chi connectivity index (χ0) is 15.3. The van der Waals surface area contributed by atoms with Gasteiger partial charge >= 0.3 is 0 Å². The Hall–Kier alpha value is -1.40. The first-order valence-electron chi connectivity index (χ1n) is 7.03. The minimum atomic E-state index is -2.76. The summed E-state index contributed by atoms with van der Waals surface area (Å²) in [7, 11) is 1.59. The van der Waals surface area contributed by atoms with Crippen molar-refractivity contribution in [3.63, 3.8) is 0 Å². The molecule has 0 bridgehead atoms. The van der Waals surface area contributed by atoms with Crippen molar-refractivity contribution >= 4 is 0 Å². The second-order valence-electron chi connectivity index (χ2n) is 5.22. The van der Waals surface area contributed by atoms with Crippen molar-refractivity contribution < 1.29 is 23.4 Å². The molecule has 1 aromatic carbocycles. The van der Waals surface area contributed by atoms with E-state index in [1.54, 1.807) is 13.2 Å². The number of rotatable bonds is 6. The molecule has 1 aliphatic rings. The van der Waals surface area contributed by atoms with Crippen molar-refractivity contribution in [1.29, 1.82) is 0 Å². The van der Waals surface area contributed by atoms with E-state index in [4.69, 9.17) is 14.6 Å². The highest BCUT2D eigenvalue weighted by Crippen LogP contribution is 2.32. The quantitative estimate of drug-likeness (QED) is 0.873. The summed E-state index contributed by atoms with van der Waals surface area (Å²) in [6.45, 7) is 1.01. The first kappa shape index (κ1) is 16.0. The molecule has 0 amide bonds. The predicted molar refractivity (Wildman–Crippen MR) is 75.1 cm³/mol. The number of halogens is 2. The standard InChI is InChI=1S/C15H21F2NO3/c1-20-13-3-2-4-14(9-13)21-8-7-18-6-5-15(16,17)12(10-18)11-19/h2-4,9,12,19H,5-8,10-11H2,1H3. The summed E-state index contributed by atoms with van der Waals surface area (Å²) in [5, 5.41) is 9.05. The highest BCUT2D eigenvalue weighted by molar-refractivity contribution is 5.32. The maximum Gasteiger partial charge on any atom is 0.255 e. The monoisotopic (exact) mass is 301 g/mol. The molecule has 0 aromatic heterocycles. The molecule has 1 fully saturated rings. The van der Waals surface area contributed by atoms with Gasteiger partial charge in [-0.15, -0.1) is 0 Å². The number of ether oxygens (including phenoxy) is 2. The van der Waals surface area contributed by atoms with Gasteiger partial charge in [-0.3, -0.25) is 4.90 Å². The Kier molecular flexibility index (Phi) is 5.36. The van der Waals surface area contributed by atoms with Crippen LogP contribution in [0.4, 0.5) is 8.78 Å². The first-order chi connectivity index (χ1) is 10.0. The van der Waals surface area contributed by atoms with Gasteiger partial charge in [0, 0.05) is 32.1 Å². The lowest BCUT2D eigenvalue weighted by Gasteiger charge is -2.37. The fraction of sp³-hybridized carbons (Fsp3) is 0.600. The average Bonchev–Trinajstić information content (AvgIpc) is 2.49. The van der Waals surface area contributed by atoms with E-state index in [2.05, 4.69) is 0 Å². The number of hydrogen-bond donors (Lipinski definition) is 1. The molecule has 1 atom stereocenters. The van der Waals surface area contributed by atoms with Gasteiger partial charge in [0.2, 0.25) is 0 Å².